The fourth-order valence-corrected chi connectivity index (χ4v) is 2.83. The summed E-state index contributed by atoms with van der Waals surface area (Å²) in [5, 5.41) is 3.12. The van der Waals surface area contributed by atoms with Crippen LogP contribution >= 0.6 is 0 Å². The van der Waals surface area contributed by atoms with E-state index in [9.17, 15) is 4.79 Å². The van der Waals surface area contributed by atoms with Gasteiger partial charge in [-0.3, -0.25) is 9.78 Å². The van der Waals surface area contributed by atoms with Crippen molar-refractivity contribution < 1.29 is 9.53 Å². The van der Waals surface area contributed by atoms with Crippen LogP contribution < -0.4 is 10.1 Å². The van der Waals surface area contributed by atoms with Crippen molar-refractivity contribution in [2.75, 3.05) is 20.1 Å². The lowest BCUT2D eigenvalue weighted by atomic mass is 10.1. The summed E-state index contributed by atoms with van der Waals surface area (Å²) in [5.74, 6) is 1.07. The van der Waals surface area contributed by atoms with E-state index < -0.39 is 0 Å². The lowest BCUT2D eigenvalue weighted by Crippen LogP contribution is -2.46. The number of pyridine rings is 1. The zero-order valence-electron chi connectivity index (χ0n) is 13.2. The summed E-state index contributed by atoms with van der Waals surface area (Å²) in [5.41, 5.74) is 0.546. The van der Waals surface area contributed by atoms with Gasteiger partial charge in [0, 0.05) is 18.8 Å². The molecule has 1 N–H and O–H groups in total. The molecule has 23 heavy (non-hydrogen) atoms. The first-order valence-electron chi connectivity index (χ1n) is 7.88. The van der Waals surface area contributed by atoms with Crippen LogP contribution in [0, 0.1) is 0 Å². The lowest BCUT2D eigenvalue weighted by Gasteiger charge is -2.30. The summed E-state index contributed by atoms with van der Waals surface area (Å²) in [6, 6.07) is 11.1. The predicted molar refractivity (Wildman–Crippen MR) is 88.7 cm³/mol. The number of para-hydroxylation sites is 1. The normalized spacial score (nSPS) is 18.4. The molecule has 1 aromatic heterocycles. The number of likely N-dealkylation sites (N-methyl/N-ethyl adjacent to an activating group) is 1. The molecule has 5 heteroatoms. The van der Waals surface area contributed by atoms with E-state index in [-0.39, 0.29) is 11.9 Å². The highest BCUT2D eigenvalue weighted by Crippen LogP contribution is 2.24. The van der Waals surface area contributed by atoms with E-state index in [4.69, 9.17) is 4.74 Å². The summed E-state index contributed by atoms with van der Waals surface area (Å²) < 4.78 is 5.81. The number of benzene rings is 1. The number of amides is 1. The van der Waals surface area contributed by atoms with E-state index in [2.05, 4.69) is 22.2 Å². The molecule has 1 aliphatic rings. The molecule has 5 nitrogen and oxygen atoms in total. The van der Waals surface area contributed by atoms with E-state index in [0.717, 1.165) is 25.9 Å². The Labute approximate surface area is 136 Å². The van der Waals surface area contributed by atoms with Crippen molar-refractivity contribution in [3.63, 3.8) is 0 Å². The Balaban J connectivity index is 1.73. The second-order valence-corrected chi connectivity index (χ2v) is 5.86. The number of nitrogens with zero attached hydrogens (tertiary/aromatic N) is 2. The van der Waals surface area contributed by atoms with Gasteiger partial charge in [-0.2, -0.15) is 0 Å². The standard InChI is InChI=1S/C18H21N3O2/c1-21-11-5-6-14(13-21)20-18(22)16-8-2-3-9-17(16)23-15-7-4-10-19-12-15/h2-4,7-10,12,14H,5-6,11,13H2,1H3,(H,20,22). The molecule has 3 rings (SSSR count). The Kier molecular flexibility index (Phi) is 4.88. The molecular weight excluding hydrogens is 290 g/mol. The molecule has 1 atom stereocenters. The first-order chi connectivity index (χ1) is 11.2. The molecule has 1 saturated heterocycles. The van der Waals surface area contributed by atoms with Crippen LogP contribution in [0.5, 0.6) is 11.5 Å². The van der Waals surface area contributed by atoms with Gasteiger partial charge in [0.15, 0.2) is 0 Å². The van der Waals surface area contributed by atoms with Gasteiger partial charge >= 0.3 is 0 Å². The molecule has 0 saturated carbocycles. The first kappa shape index (κ1) is 15.5. The molecule has 2 aromatic rings. The average molecular weight is 311 g/mol. The van der Waals surface area contributed by atoms with Gasteiger partial charge in [-0.15, -0.1) is 0 Å². The van der Waals surface area contributed by atoms with Gasteiger partial charge in [-0.1, -0.05) is 12.1 Å². The molecule has 0 aliphatic carbocycles. The molecule has 1 amide bonds. The number of piperidine rings is 1. The molecule has 1 fully saturated rings. The largest absolute Gasteiger partial charge is 0.455 e. The average Bonchev–Trinajstić information content (AvgIpc) is 2.56. The number of hydrogen-bond donors (Lipinski definition) is 1. The maximum atomic E-state index is 12.6. The number of hydrogen-bond acceptors (Lipinski definition) is 4. The minimum absolute atomic E-state index is 0.0928. The van der Waals surface area contributed by atoms with Crippen LogP contribution in [0.3, 0.4) is 0 Å². The van der Waals surface area contributed by atoms with Gasteiger partial charge in [-0.05, 0) is 50.7 Å². The summed E-state index contributed by atoms with van der Waals surface area (Å²) in [6.45, 7) is 1.98. The second kappa shape index (κ2) is 7.24. The van der Waals surface area contributed by atoms with Gasteiger partial charge < -0.3 is 15.0 Å². The van der Waals surface area contributed by atoms with Crippen LogP contribution in [0.25, 0.3) is 0 Å². The second-order valence-electron chi connectivity index (χ2n) is 5.86. The van der Waals surface area contributed by atoms with Gasteiger partial charge in [0.2, 0.25) is 0 Å². The van der Waals surface area contributed by atoms with Gasteiger partial charge in [0.25, 0.3) is 5.91 Å². The van der Waals surface area contributed by atoms with Crippen molar-refractivity contribution in [1.29, 1.82) is 0 Å². The van der Waals surface area contributed by atoms with E-state index >= 15 is 0 Å². The molecule has 0 bridgehead atoms. The highest BCUT2D eigenvalue weighted by molar-refractivity contribution is 5.97. The van der Waals surface area contributed by atoms with Gasteiger partial charge in [0.1, 0.15) is 11.5 Å². The lowest BCUT2D eigenvalue weighted by molar-refractivity contribution is 0.0910. The zero-order valence-corrected chi connectivity index (χ0v) is 13.2. The molecule has 2 heterocycles. The number of likely N-dealkylation sites (tertiary alicyclic amines) is 1. The Morgan fingerprint density at radius 3 is 2.96 bits per heavy atom. The highest BCUT2D eigenvalue weighted by atomic mass is 16.5. The minimum Gasteiger partial charge on any atom is -0.455 e. The van der Waals surface area contributed by atoms with Crippen molar-refractivity contribution >= 4 is 5.91 Å². The third kappa shape index (κ3) is 4.07. The summed E-state index contributed by atoms with van der Waals surface area (Å²) >= 11 is 0. The number of carbonyl (C=O) groups excluding carboxylic acids is 1. The van der Waals surface area contributed by atoms with Crippen molar-refractivity contribution in [3.05, 3.63) is 54.4 Å². The van der Waals surface area contributed by atoms with E-state index in [1.54, 1.807) is 30.6 Å². The fourth-order valence-electron chi connectivity index (χ4n) is 2.83. The molecule has 1 aromatic carbocycles. The van der Waals surface area contributed by atoms with E-state index in [1.165, 1.54) is 0 Å². The molecule has 1 unspecified atom stereocenters. The van der Waals surface area contributed by atoms with Crippen LogP contribution in [0.4, 0.5) is 0 Å². The Morgan fingerprint density at radius 1 is 1.30 bits per heavy atom. The van der Waals surface area contributed by atoms with Crippen LogP contribution in [0.1, 0.15) is 23.2 Å². The SMILES string of the molecule is CN1CCCC(NC(=O)c2ccccc2Oc2cccnc2)C1. The summed E-state index contributed by atoms with van der Waals surface area (Å²) in [6.07, 6.45) is 5.44. The predicted octanol–water partition coefficient (Wildman–Crippen LogP) is 2.70. The quantitative estimate of drug-likeness (QED) is 0.943. The van der Waals surface area contributed by atoms with Crippen molar-refractivity contribution in [2.45, 2.75) is 18.9 Å². The summed E-state index contributed by atoms with van der Waals surface area (Å²) in [7, 11) is 2.08. The smallest absolute Gasteiger partial charge is 0.255 e. The topological polar surface area (TPSA) is 54.5 Å². The maximum Gasteiger partial charge on any atom is 0.255 e. The van der Waals surface area contributed by atoms with Crippen molar-refractivity contribution in [3.8, 4) is 11.5 Å². The minimum atomic E-state index is -0.0928. The van der Waals surface area contributed by atoms with E-state index in [0.29, 0.717) is 17.1 Å². The molecule has 0 spiro atoms. The monoisotopic (exact) mass is 311 g/mol. The Morgan fingerprint density at radius 2 is 2.17 bits per heavy atom. The Hall–Kier alpha value is -2.40. The zero-order chi connectivity index (χ0) is 16.1. The van der Waals surface area contributed by atoms with Crippen LogP contribution in [-0.2, 0) is 0 Å². The number of rotatable bonds is 4. The number of carbonyl (C=O) groups is 1. The third-order valence-corrected chi connectivity index (χ3v) is 3.95. The third-order valence-electron chi connectivity index (χ3n) is 3.95. The van der Waals surface area contributed by atoms with Crippen LogP contribution in [0.15, 0.2) is 48.8 Å². The van der Waals surface area contributed by atoms with E-state index in [1.807, 2.05) is 18.2 Å². The number of ether oxygens (including phenoxy) is 1. The number of aromatic nitrogens is 1. The first-order valence-corrected chi connectivity index (χ1v) is 7.88. The summed E-state index contributed by atoms with van der Waals surface area (Å²) in [4.78, 5) is 18.9. The fraction of sp³-hybridized carbons (Fsp3) is 0.333. The maximum absolute atomic E-state index is 12.6. The van der Waals surface area contributed by atoms with Crippen LogP contribution in [-0.4, -0.2) is 42.0 Å². The number of nitrogens with one attached hydrogen (secondary N) is 1. The van der Waals surface area contributed by atoms with Gasteiger partial charge in [-0.25, -0.2) is 0 Å². The van der Waals surface area contributed by atoms with Crippen molar-refractivity contribution in [1.82, 2.24) is 15.2 Å². The Bertz CT molecular complexity index is 660. The molecular formula is C18H21N3O2. The molecule has 1 aliphatic heterocycles. The highest BCUT2D eigenvalue weighted by Gasteiger charge is 2.21. The van der Waals surface area contributed by atoms with Crippen molar-refractivity contribution in [2.24, 2.45) is 0 Å². The van der Waals surface area contributed by atoms with Gasteiger partial charge in [0.05, 0.1) is 11.8 Å². The van der Waals surface area contributed by atoms with Crippen LogP contribution in [0.2, 0.25) is 0 Å². The molecule has 120 valence electrons. The molecule has 0 radical (unpaired) electrons.